The highest BCUT2D eigenvalue weighted by Crippen LogP contribution is 2.26. The molecule has 1 amide bonds. The molecule has 1 aliphatic heterocycles. The third kappa shape index (κ3) is 4.72. The number of aromatic nitrogens is 2. The number of nitrogens with one attached hydrogen (secondary N) is 1. The minimum absolute atomic E-state index is 0.0908. The van der Waals surface area contributed by atoms with Gasteiger partial charge in [-0.3, -0.25) is 4.79 Å². The van der Waals surface area contributed by atoms with Crippen molar-refractivity contribution in [1.82, 2.24) is 15.3 Å². The number of rotatable bonds is 5. The zero-order chi connectivity index (χ0) is 18.5. The maximum absolute atomic E-state index is 12.5. The molecule has 2 aromatic rings. The third-order valence-corrected chi connectivity index (χ3v) is 5.06. The highest BCUT2D eigenvalue weighted by molar-refractivity contribution is 9.10. The number of anilines is 1. The third-order valence-electron chi connectivity index (χ3n) is 4.44. The lowest BCUT2D eigenvalue weighted by Crippen LogP contribution is -2.48. The van der Waals surface area contributed by atoms with Gasteiger partial charge in [0.05, 0.1) is 4.47 Å². The fraction of sp³-hybridized carbons (Fsp3) is 0.421. The topological polar surface area (TPSA) is 67.3 Å². The van der Waals surface area contributed by atoms with Crippen LogP contribution in [0.2, 0.25) is 0 Å². The van der Waals surface area contributed by atoms with E-state index in [2.05, 4.69) is 36.1 Å². The molecule has 1 N–H and O–H groups in total. The van der Waals surface area contributed by atoms with E-state index < -0.39 is 6.10 Å². The molecule has 1 aromatic heterocycles. The van der Waals surface area contributed by atoms with Crippen LogP contribution in [0.5, 0.6) is 5.75 Å². The van der Waals surface area contributed by atoms with E-state index in [0.717, 1.165) is 41.9 Å². The first kappa shape index (κ1) is 18.6. The molecule has 1 aliphatic rings. The summed E-state index contributed by atoms with van der Waals surface area (Å²) >= 11 is 3.48. The predicted octanol–water partition coefficient (Wildman–Crippen LogP) is 3.10. The van der Waals surface area contributed by atoms with E-state index in [1.807, 2.05) is 31.2 Å². The number of carbonyl (C=O) groups is 1. The Kier molecular flexibility index (Phi) is 6.08. The molecule has 0 spiro atoms. The summed E-state index contributed by atoms with van der Waals surface area (Å²) in [6.45, 7) is 5.44. The molecule has 0 radical (unpaired) electrons. The van der Waals surface area contributed by atoms with Crippen LogP contribution in [0.4, 0.5) is 5.95 Å². The number of ether oxygens (including phenoxy) is 1. The normalized spacial score (nSPS) is 16.2. The van der Waals surface area contributed by atoms with Crippen LogP contribution in [-0.2, 0) is 4.79 Å². The summed E-state index contributed by atoms with van der Waals surface area (Å²) in [5.74, 6) is 1.33. The summed E-state index contributed by atoms with van der Waals surface area (Å²) in [6.07, 6.45) is 4.68. The van der Waals surface area contributed by atoms with Crippen LogP contribution in [0, 0.1) is 6.92 Å². The molecule has 1 aromatic carbocycles. The van der Waals surface area contributed by atoms with Crippen molar-refractivity contribution in [3.63, 3.8) is 0 Å². The van der Waals surface area contributed by atoms with E-state index in [4.69, 9.17) is 4.74 Å². The molecule has 0 saturated carbocycles. The highest BCUT2D eigenvalue weighted by atomic mass is 79.9. The Balaban J connectivity index is 1.49. The smallest absolute Gasteiger partial charge is 0.260 e. The van der Waals surface area contributed by atoms with E-state index in [0.29, 0.717) is 5.75 Å². The van der Waals surface area contributed by atoms with Crippen molar-refractivity contribution in [2.75, 3.05) is 18.0 Å². The second kappa shape index (κ2) is 8.49. The lowest BCUT2D eigenvalue weighted by atomic mass is 10.1. The molecular weight excluding hydrogens is 396 g/mol. The molecular formula is C19H23BrN4O2. The number of nitrogens with zero attached hydrogens (tertiary/aromatic N) is 3. The number of hydrogen-bond acceptors (Lipinski definition) is 5. The van der Waals surface area contributed by atoms with Gasteiger partial charge in [0.1, 0.15) is 5.75 Å². The Morgan fingerprint density at radius 1 is 1.31 bits per heavy atom. The second-order valence-corrected chi connectivity index (χ2v) is 7.37. The van der Waals surface area contributed by atoms with E-state index in [1.54, 1.807) is 19.3 Å². The zero-order valence-corrected chi connectivity index (χ0v) is 16.6. The molecule has 1 atom stereocenters. The summed E-state index contributed by atoms with van der Waals surface area (Å²) in [4.78, 5) is 23.2. The molecule has 0 bridgehead atoms. The average molecular weight is 419 g/mol. The first-order valence-corrected chi connectivity index (χ1v) is 9.57. The Bertz CT molecular complexity index is 748. The van der Waals surface area contributed by atoms with Crippen LogP contribution in [0.15, 0.2) is 41.1 Å². The monoisotopic (exact) mass is 418 g/mol. The molecule has 1 saturated heterocycles. The number of benzene rings is 1. The van der Waals surface area contributed by atoms with Gasteiger partial charge in [-0.2, -0.15) is 0 Å². The van der Waals surface area contributed by atoms with Crippen LogP contribution in [-0.4, -0.2) is 41.1 Å². The van der Waals surface area contributed by atoms with Crippen molar-refractivity contribution in [3.05, 3.63) is 46.7 Å². The van der Waals surface area contributed by atoms with E-state index >= 15 is 0 Å². The Labute approximate surface area is 162 Å². The number of carbonyl (C=O) groups excluding carboxylic acids is 1. The van der Waals surface area contributed by atoms with Gasteiger partial charge in [-0.25, -0.2) is 9.97 Å². The van der Waals surface area contributed by atoms with Gasteiger partial charge in [0, 0.05) is 31.5 Å². The summed E-state index contributed by atoms with van der Waals surface area (Å²) in [5, 5.41) is 3.10. The first-order valence-electron chi connectivity index (χ1n) is 8.78. The fourth-order valence-corrected chi connectivity index (χ4v) is 3.53. The van der Waals surface area contributed by atoms with E-state index in [9.17, 15) is 4.79 Å². The van der Waals surface area contributed by atoms with Gasteiger partial charge >= 0.3 is 0 Å². The van der Waals surface area contributed by atoms with Crippen molar-refractivity contribution in [2.24, 2.45) is 0 Å². The van der Waals surface area contributed by atoms with Crippen LogP contribution in [0.25, 0.3) is 0 Å². The van der Waals surface area contributed by atoms with Crippen molar-refractivity contribution in [2.45, 2.75) is 38.8 Å². The minimum Gasteiger partial charge on any atom is -0.480 e. The van der Waals surface area contributed by atoms with Gasteiger partial charge in [-0.15, -0.1) is 0 Å². The standard InChI is InChI=1S/C19H23BrN4O2/c1-13-4-5-17(16(20)12-13)26-14(2)18(25)23-15-6-10-24(11-7-15)19-21-8-3-9-22-19/h3-5,8-9,12,14-15H,6-7,10-11H2,1-2H3,(H,23,25)/t14-/m1/s1. The molecule has 0 aliphatic carbocycles. The van der Waals surface area contributed by atoms with E-state index in [-0.39, 0.29) is 11.9 Å². The van der Waals surface area contributed by atoms with E-state index in [1.165, 1.54) is 0 Å². The summed E-state index contributed by atoms with van der Waals surface area (Å²) in [5.41, 5.74) is 1.13. The summed E-state index contributed by atoms with van der Waals surface area (Å²) < 4.78 is 6.66. The van der Waals surface area contributed by atoms with Crippen LogP contribution in [0.3, 0.4) is 0 Å². The van der Waals surface area contributed by atoms with Gasteiger partial charge in [0.15, 0.2) is 6.10 Å². The Hall–Kier alpha value is -2.15. The second-order valence-electron chi connectivity index (χ2n) is 6.51. The van der Waals surface area contributed by atoms with Gasteiger partial charge in [0.25, 0.3) is 5.91 Å². The predicted molar refractivity (Wildman–Crippen MR) is 104 cm³/mol. The molecule has 3 rings (SSSR count). The summed E-state index contributed by atoms with van der Waals surface area (Å²) in [7, 11) is 0. The number of amides is 1. The lowest BCUT2D eigenvalue weighted by Gasteiger charge is -2.32. The minimum atomic E-state index is -0.551. The number of aryl methyl sites for hydroxylation is 1. The molecule has 7 heteroatoms. The van der Waals surface area contributed by atoms with Crippen LogP contribution < -0.4 is 15.0 Å². The zero-order valence-electron chi connectivity index (χ0n) is 15.0. The van der Waals surface area contributed by atoms with Crippen molar-refractivity contribution in [3.8, 4) is 5.75 Å². The van der Waals surface area contributed by atoms with Crippen molar-refractivity contribution in [1.29, 1.82) is 0 Å². The van der Waals surface area contributed by atoms with Gasteiger partial charge in [-0.1, -0.05) is 6.07 Å². The lowest BCUT2D eigenvalue weighted by molar-refractivity contribution is -0.128. The average Bonchev–Trinajstić information content (AvgIpc) is 2.65. The number of piperidine rings is 1. The van der Waals surface area contributed by atoms with Crippen LogP contribution >= 0.6 is 15.9 Å². The quantitative estimate of drug-likeness (QED) is 0.807. The SMILES string of the molecule is Cc1ccc(O[C@H](C)C(=O)NC2CCN(c3ncccn3)CC2)c(Br)c1. The Morgan fingerprint density at radius 3 is 2.65 bits per heavy atom. The van der Waals surface area contributed by atoms with Gasteiger partial charge < -0.3 is 15.0 Å². The molecule has 0 unspecified atom stereocenters. The van der Waals surface area contributed by atoms with Gasteiger partial charge in [0.2, 0.25) is 5.95 Å². The fourth-order valence-electron chi connectivity index (χ4n) is 2.94. The molecule has 1 fully saturated rings. The largest absolute Gasteiger partial charge is 0.480 e. The number of hydrogen-bond donors (Lipinski definition) is 1. The first-order chi connectivity index (χ1) is 12.5. The van der Waals surface area contributed by atoms with Gasteiger partial charge in [-0.05, 0) is 66.4 Å². The summed E-state index contributed by atoms with van der Waals surface area (Å²) in [6, 6.07) is 7.77. The maximum atomic E-state index is 12.5. The molecule has 6 nitrogen and oxygen atoms in total. The number of halogens is 1. The maximum Gasteiger partial charge on any atom is 0.260 e. The highest BCUT2D eigenvalue weighted by Gasteiger charge is 2.24. The van der Waals surface area contributed by atoms with Crippen LogP contribution in [0.1, 0.15) is 25.3 Å². The molecule has 138 valence electrons. The molecule has 2 heterocycles. The van der Waals surface area contributed by atoms with Crippen molar-refractivity contribution >= 4 is 27.8 Å². The Morgan fingerprint density at radius 2 is 2.00 bits per heavy atom. The van der Waals surface area contributed by atoms with Crippen molar-refractivity contribution < 1.29 is 9.53 Å². The molecule has 26 heavy (non-hydrogen) atoms.